The third-order valence-electron chi connectivity index (χ3n) is 2.10. The van der Waals surface area contributed by atoms with Crippen LogP contribution in [0.25, 0.3) is 0 Å². The Morgan fingerprint density at radius 3 is 3.00 bits per heavy atom. The lowest BCUT2D eigenvalue weighted by Gasteiger charge is -2.03. The maximum Gasteiger partial charge on any atom is 0.310 e. The quantitative estimate of drug-likeness (QED) is 0.641. The molecule has 2 aromatic rings. The van der Waals surface area contributed by atoms with Crippen LogP contribution in [-0.2, 0) is 6.54 Å². The van der Waals surface area contributed by atoms with Gasteiger partial charge in [0.25, 0.3) is 0 Å². The minimum absolute atomic E-state index is 0.0734. The van der Waals surface area contributed by atoms with Crippen LogP contribution in [0.4, 0.5) is 11.4 Å². The van der Waals surface area contributed by atoms with Gasteiger partial charge in [0.2, 0.25) is 5.89 Å². The molecule has 7 heteroatoms. The summed E-state index contributed by atoms with van der Waals surface area (Å²) in [7, 11) is 0. The lowest BCUT2D eigenvalue weighted by Crippen LogP contribution is -2.03. The Morgan fingerprint density at radius 1 is 1.53 bits per heavy atom. The van der Waals surface area contributed by atoms with Crippen molar-refractivity contribution < 1.29 is 9.34 Å². The standard InChI is InChI=1S/C10H10N4O3/c1-7-4-13-10(17-7)6-12-8-2-3-11-5-9(8)14(15)16/h2-5H,6H2,1H3,(H,11,12). The van der Waals surface area contributed by atoms with Gasteiger partial charge in [-0.05, 0) is 13.0 Å². The molecule has 0 aliphatic carbocycles. The average Bonchev–Trinajstić information content (AvgIpc) is 2.73. The fourth-order valence-electron chi connectivity index (χ4n) is 1.34. The highest BCUT2D eigenvalue weighted by Crippen LogP contribution is 2.22. The highest BCUT2D eigenvalue weighted by atomic mass is 16.6. The second-order valence-corrected chi connectivity index (χ2v) is 3.37. The molecule has 0 aliphatic heterocycles. The number of oxazole rings is 1. The fraction of sp³-hybridized carbons (Fsp3) is 0.200. The predicted octanol–water partition coefficient (Wildman–Crippen LogP) is 1.90. The topological polar surface area (TPSA) is 94.1 Å². The summed E-state index contributed by atoms with van der Waals surface area (Å²) in [5.74, 6) is 1.18. The van der Waals surface area contributed by atoms with Crippen molar-refractivity contribution in [3.8, 4) is 0 Å². The van der Waals surface area contributed by atoms with Crippen LogP contribution in [-0.4, -0.2) is 14.9 Å². The highest BCUT2D eigenvalue weighted by Gasteiger charge is 2.13. The van der Waals surface area contributed by atoms with E-state index in [1.807, 2.05) is 0 Å². The maximum absolute atomic E-state index is 10.7. The van der Waals surface area contributed by atoms with E-state index in [2.05, 4.69) is 15.3 Å². The van der Waals surface area contributed by atoms with Gasteiger partial charge < -0.3 is 9.73 Å². The molecule has 2 rings (SSSR count). The van der Waals surface area contributed by atoms with Crippen molar-refractivity contribution in [1.29, 1.82) is 0 Å². The number of anilines is 1. The second kappa shape index (κ2) is 4.60. The van der Waals surface area contributed by atoms with Crippen LogP contribution in [0.3, 0.4) is 0 Å². The van der Waals surface area contributed by atoms with Gasteiger partial charge in [0.15, 0.2) is 0 Å². The van der Waals surface area contributed by atoms with Crippen molar-refractivity contribution in [2.75, 3.05) is 5.32 Å². The molecule has 88 valence electrons. The zero-order valence-corrected chi connectivity index (χ0v) is 9.08. The Balaban J connectivity index is 2.11. The number of hydrogen-bond acceptors (Lipinski definition) is 6. The molecule has 2 heterocycles. The van der Waals surface area contributed by atoms with Gasteiger partial charge in [-0.2, -0.15) is 0 Å². The summed E-state index contributed by atoms with van der Waals surface area (Å²) in [6.45, 7) is 2.07. The minimum Gasteiger partial charge on any atom is -0.444 e. The van der Waals surface area contributed by atoms with Crippen molar-refractivity contribution in [3.05, 3.63) is 46.4 Å². The smallest absolute Gasteiger partial charge is 0.310 e. The summed E-state index contributed by atoms with van der Waals surface area (Å²) < 4.78 is 5.25. The summed E-state index contributed by atoms with van der Waals surface area (Å²) in [4.78, 5) is 17.9. The van der Waals surface area contributed by atoms with E-state index < -0.39 is 4.92 Å². The van der Waals surface area contributed by atoms with Crippen molar-refractivity contribution in [3.63, 3.8) is 0 Å². The molecule has 7 nitrogen and oxygen atoms in total. The Morgan fingerprint density at radius 2 is 2.35 bits per heavy atom. The molecule has 0 bridgehead atoms. The van der Waals surface area contributed by atoms with E-state index in [9.17, 15) is 10.1 Å². The van der Waals surface area contributed by atoms with Crippen LogP contribution in [0, 0.1) is 17.0 Å². The first-order valence-electron chi connectivity index (χ1n) is 4.90. The van der Waals surface area contributed by atoms with Crippen molar-refractivity contribution >= 4 is 11.4 Å². The largest absolute Gasteiger partial charge is 0.444 e. The van der Waals surface area contributed by atoms with Crippen LogP contribution in [0.15, 0.2) is 29.1 Å². The Kier molecular flexibility index (Phi) is 2.99. The molecule has 0 fully saturated rings. The van der Waals surface area contributed by atoms with Crippen LogP contribution >= 0.6 is 0 Å². The molecule has 1 N–H and O–H groups in total. The van der Waals surface area contributed by atoms with Crippen LogP contribution in [0.1, 0.15) is 11.7 Å². The lowest BCUT2D eigenvalue weighted by molar-refractivity contribution is -0.384. The maximum atomic E-state index is 10.7. The van der Waals surface area contributed by atoms with E-state index in [1.165, 1.54) is 18.5 Å². The number of hydrogen-bond donors (Lipinski definition) is 1. The molecule has 0 aromatic carbocycles. The van der Waals surface area contributed by atoms with Gasteiger partial charge in [-0.15, -0.1) is 0 Å². The number of nitrogens with one attached hydrogen (secondary N) is 1. The Labute approximate surface area is 96.7 Å². The number of rotatable bonds is 4. The van der Waals surface area contributed by atoms with Gasteiger partial charge in [-0.25, -0.2) is 4.98 Å². The van der Waals surface area contributed by atoms with Gasteiger partial charge in [0.05, 0.1) is 17.7 Å². The van der Waals surface area contributed by atoms with Crippen LogP contribution < -0.4 is 5.32 Å². The molecule has 0 saturated heterocycles. The molecule has 0 unspecified atom stereocenters. The number of nitro groups is 1. The molecule has 0 aliphatic rings. The second-order valence-electron chi connectivity index (χ2n) is 3.37. The van der Waals surface area contributed by atoms with E-state index in [4.69, 9.17) is 4.42 Å². The summed E-state index contributed by atoms with van der Waals surface area (Å²) in [6, 6.07) is 1.54. The highest BCUT2D eigenvalue weighted by molar-refractivity contribution is 5.59. The van der Waals surface area contributed by atoms with E-state index >= 15 is 0 Å². The first kappa shape index (κ1) is 11.1. The minimum atomic E-state index is -0.490. The van der Waals surface area contributed by atoms with E-state index in [0.717, 1.165) is 0 Å². The molecule has 0 saturated carbocycles. The van der Waals surface area contributed by atoms with E-state index in [1.54, 1.807) is 13.1 Å². The van der Waals surface area contributed by atoms with Gasteiger partial charge in [0.1, 0.15) is 17.6 Å². The van der Waals surface area contributed by atoms with Gasteiger partial charge in [0, 0.05) is 6.20 Å². The van der Waals surface area contributed by atoms with Crippen molar-refractivity contribution in [1.82, 2.24) is 9.97 Å². The molecular weight excluding hydrogens is 224 g/mol. The third kappa shape index (κ3) is 2.57. The van der Waals surface area contributed by atoms with E-state index in [-0.39, 0.29) is 5.69 Å². The molecule has 0 spiro atoms. The zero-order valence-electron chi connectivity index (χ0n) is 9.08. The summed E-state index contributed by atoms with van der Waals surface area (Å²) in [5.41, 5.74) is 0.316. The molecule has 0 radical (unpaired) electrons. The zero-order chi connectivity index (χ0) is 12.3. The van der Waals surface area contributed by atoms with Gasteiger partial charge in [-0.1, -0.05) is 0 Å². The molecular formula is C10H10N4O3. The summed E-state index contributed by atoms with van der Waals surface area (Å²) in [5, 5.41) is 13.6. The number of aryl methyl sites for hydroxylation is 1. The summed E-state index contributed by atoms with van der Waals surface area (Å²) >= 11 is 0. The third-order valence-corrected chi connectivity index (χ3v) is 2.10. The summed E-state index contributed by atoms with van der Waals surface area (Å²) in [6.07, 6.45) is 4.28. The Bertz CT molecular complexity index is 538. The number of aromatic nitrogens is 2. The SMILES string of the molecule is Cc1cnc(CNc2ccncc2[N+](=O)[O-])o1. The lowest BCUT2D eigenvalue weighted by atomic mass is 10.3. The van der Waals surface area contributed by atoms with Gasteiger partial charge in [-0.3, -0.25) is 15.1 Å². The first-order valence-corrected chi connectivity index (χ1v) is 4.90. The van der Waals surface area contributed by atoms with Gasteiger partial charge >= 0.3 is 5.69 Å². The molecule has 2 aromatic heterocycles. The van der Waals surface area contributed by atoms with Crippen LogP contribution in [0.5, 0.6) is 0 Å². The normalized spacial score (nSPS) is 10.2. The predicted molar refractivity (Wildman–Crippen MR) is 59.5 cm³/mol. The number of nitrogens with zero attached hydrogens (tertiary/aromatic N) is 3. The average molecular weight is 234 g/mol. The molecule has 0 atom stereocenters. The van der Waals surface area contributed by atoms with Crippen LogP contribution in [0.2, 0.25) is 0 Å². The van der Waals surface area contributed by atoms with E-state index in [0.29, 0.717) is 23.9 Å². The number of pyridine rings is 1. The monoisotopic (exact) mass is 234 g/mol. The first-order chi connectivity index (χ1) is 8.16. The Hall–Kier alpha value is -2.44. The van der Waals surface area contributed by atoms with Crippen molar-refractivity contribution in [2.45, 2.75) is 13.5 Å². The molecule has 17 heavy (non-hydrogen) atoms. The molecule has 0 amide bonds. The van der Waals surface area contributed by atoms with Crippen molar-refractivity contribution in [2.24, 2.45) is 0 Å². The fourth-order valence-corrected chi connectivity index (χ4v) is 1.34.